The number of anilines is 1. The maximum atomic E-state index is 12.9. The molecule has 0 aliphatic carbocycles. The molecule has 0 unspecified atom stereocenters. The van der Waals surface area contributed by atoms with Gasteiger partial charge in [0.2, 0.25) is 0 Å². The van der Waals surface area contributed by atoms with Crippen LogP contribution >= 0.6 is 0 Å². The fourth-order valence-electron chi connectivity index (χ4n) is 2.70. The van der Waals surface area contributed by atoms with Gasteiger partial charge in [-0.25, -0.2) is 14.6 Å². The Labute approximate surface area is 192 Å². The van der Waals surface area contributed by atoms with Gasteiger partial charge in [-0.05, 0) is 67.1 Å². The molecule has 0 saturated carbocycles. The third-order valence-corrected chi connectivity index (χ3v) is 4.44. The highest BCUT2D eigenvalue weighted by molar-refractivity contribution is 6.39. The second-order valence-electron chi connectivity index (χ2n) is 6.79. The number of nitro benzene ring substituents is 1. The van der Waals surface area contributed by atoms with Crippen LogP contribution in [0.1, 0.15) is 22.8 Å². The largest absolute Gasteiger partial charge is 0.423 e. The van der Waals surface area contributed by atoms with Gasteiger partial charge in [0.05, 0.1) is 10.6 Å². The van der Waals surface area contributed by atoms with Crippen molar-refractivity contribution in [1.29, 1.82) is 0 Å². The number of carbonyl (C=O) groups is 3. The molecule has 0 aliphatic rings. The number of ether oxygens (including phenoxy) is 1. The molecule has 2 N–H and O–H groups in total. The molecule has 0 radical (unpaired) electrons. The van der Waals surface area contributed by atoms with Crippen LogP contribution in [0.25, 0.3) is 0 Å². The van der Waals surface area contributed by atoms with Crippen LogP contribution in [0.2, 0.25) is 0 Å². The lowest BCUT2D eigenvalue weighted by atomic mass is 10.1. The highest BCUT2D eigenvalue weighted by atomic mass is 19.1. The number of para-hydroxylation sites is 1. The molecule has 0 spiro atoms. The minimum absolute atomic E-state index is 0.141. The van der Waals surface area contributed by atoms with Gasteiger partial charge < -0.3 is 10.1 Å². The van der Waals surface area contributed by atoms with Crippen LogP contribution in [-0.4, -0.2) is 28.4 Å². The van der Waals surface area contributed by atoms with Crippen LogP contribution in [0.15, 0.2) is 77.9 Å². The summed E-state index contributed by atoms with van der Waals surface area (Å²) in [4.78, 5) is 46.5. The van der Waals surface area contributed by atoms with Gasteiger partial charge in [-0.15, -0.1) is 0 Å². The predicted octanol–water partition coefficient (Wildman–Crippen LogP) is 3.43. The minimum atomic E-state index is -1.03. The Morgan fingerprint density at radius 2 is 1.59 bits per heavy atom. The van der Waals surface area contributed by atoms with E-state index in [1.807, 2.05) is 0 Å². The van der Waals surface area contributed by atoms with Gasteiger partial charge in [-0.3, -0.25) is 19.7 Å². The lowest BCUT2D eigenvalue weighted by Gasteiger charge is -2.07. The van der Waals surface area contributed by atoms with Crippen molar-refractivity contribution in [2.24, 2.45) is 5.10 Å². The number of carbonyl (C=O) groups excluding carboxylic acids is 3. The Morgan fingerprint density at radius 1 is 0.941 bits per heavy atom. The number of nitrogens with one attached hydrogen (secondary N) is 2. The molecule has 0 aliphatic heterocycles. The predicted molar refractivity (Wildman–Crippen MR) is 120 cm³/mol. The summed E-state index contributed by atoms with van der Waals surface area (Å²) in [5.41, 5.74) is 2.69. The van der Waals surface area contributed by atoms with Gasteiger partial charge in [-0.1, -0.05) is 12.1 Å². The van der Waals surface area contributed by atoms with Crippen molar-refractivity contribution in [3.05, 3.63) is 99.9 Å². The zero-order chi connectivity index (χ0) is 24.7. The zero-order valence-electron chi connectivity index (χ0n) is 17.7. The molecule has 3 aromatic carbocycles. The van der Waals surface area contributed by atoms with E-state index in [2.05, 4.69) is 15.8 Å². The molecule has 2 amide bonds. The van der Waals surface area contributed by atoms with Crippen LogP contribution in [0.5, 0.6) is 5.75 Å². The van der Waals surface area contributed by atoms with E-state index in [4.69, 9.17) is 4.74 Å². The number of hydrogen-bond acceptors (Lipinski definition) is 7. The van der Waals surface area contributed by atoms with Crippen LogP contribution in [-0.2, 0) is 9.59 Å². The number of benzene rings is 3. The van der Waals surface area contributed by atoms with Crippen molar-refractivity contribution in [2.75, 3.05) is 5.32 Å². The first-order valence-electron chi connectivity index (χ1n) is 9.72. The van der Waals surface area contributed by atoms with Gasteiger partial charge in [0, 0.05) is 11.8 Å². The highest BCUT2D eigenvalue weighted by Gasteiger charge is 2.21. The fourth-order valence-corrected chi connectivity index (χ4v) is 2.70. The average molecular weight is 464 g/mol. The monoisotopic (exact) mass is 464 g/mol. The van der Waals surface area contributed by atoms with Crippen molar-refractivity contribution in [1.82, 2.24) is 5.43 Å². The van der Waals surface area contributed by atoms with Gasteiger partial charge in [0.1, 0.15) is 17.1 Å². The number of hydrazone groups is 1. The normalized spacial score (nSPS) is 10.8. The van der Waals surface area contributed by atoms with E-state index in [0.717, 1.165) is 12.1 Å². The standard InChI is InChI=1S/C23H17FN4O6/c1-14(26-27-22(30)21(29)25-17-10-8-16(24)9-11-17)15-6-12-18(13-7-15)34-23(31)19-4-2-3-5-20(19)28(32)33/h2-13H,1H3,(H,25,29)(H,27,30)/b26-14+. The molecule has 11 heteroatoms. The molecule has 10 nitrogen and oxygen atoms in total. The third-order valence-electron chi connectivity index (χ3n) is 4.44. The van der Waals surface area contributed by atoms with Crippen LogP contribution < -0.4 is 15.5 Å². The Bertz CT molecular complexity index is 1270. The SMILES string of the molecule is C/C(=N\NC(=O)C(=O)Nc1ccc(F)cc1)c1ccc(OC(=O)c2ccccc2[N+](=O)[O-])cc1. The summed E-state index contributed by atoms with van der Waals surface area (Å²) in [5.74, 6) is -3.24. The van der Waals surface area contributed by atoms with Crippen LogP contribution in [0.3, 0.4) is 0 Å². The van der Waals surface area contributed by atoms with Gasteiger partial charge in [0.15, 0.2) is 0 Å². The Hall–Kier alpha value is -4.93. The fraction of sp³-hybridized carbons (Fsp3) is 0.0435. The van der Waals surface area contributed by atoms with Crippen LogP contribution in [0.4, 0.5) is 15.8 Å². The molecule has 0 saturated heterocycles. The van der Waals surface area contributed by atoms with E-state index >= 15 is 0 Å². The summed E-state index contributed by atoms with van der Waals surface area (Å²) in [6, 6.07) is 16.3. The third kappa shape index (κ3) is 6.07. The first kappa shape index (κ1) is 23.7. The Morgan fingerprint density at radius 3 is 2.24 bits per heavy atom. The topological polar surface area (TPSA) is 140 Å². The quantitative estimate of drug-likeness (QED) is 0.143. The summed E-state index contributed by atoms with van der Waals surface area (Å²) in [6.07, 6.45) is 0. The maximum absolute atomic E-state index is 12.9. The molecule has 0 atom stereocenters. The van der Waals surface area contributed by atoms with Crippen molar-refractivity contribution in [3.8, 4) is 5.75 Å². The van der Waals surface area contributed by atoms with E-state index in [-0.39, 0.29) is 22.7 Å². The molecule has 0 bridgehead atoms. The number of amides is 2. The number of halogens is 1. The smallest absolute Gasteiger partial charge is 0.350 e. The number of esters is 1. The molecular formula is C23H17FN4O6. The Kier molecular flexibility index (Phi) is 7.39. The van der Waals surface area contributed by atoms with E-state index in [1.165, 1.54) is 48.5 Å². The van der Waals surface area contributed by atoms with Crippen LogP contribution in [0, 0.1) is 15.9 Å². The van der Waals surface area contributed by atoms with E-state index in [0.29, 0.717) is 11.3 Å². The van der Waals surface area contributed by atoms with Crippen molar-refractivity contribution in [2.45, 2.75) is 6.92 Å². The second kappa shape index (κ2) is 10.6. The van der Waals surface area contributed by atoms with E-state index in [9.17, 15) is 28.9 Å². The molecule has 0 fully saturated rings. The van der Waals surface area contributed by atoms with Gasteiger partial charge in [0.25, 0.3) is 5.69 Å². The molecule has 172 valence electrons. The summed E-state index contributed by atoms with van der Waals surface area (Å²) in [7, 11) is 0. The van der Waals surface area contributed by atoms with Crippen molar-refractivity contribution < 1.29 is 28.4 Å². The van der Waals surface area contributed by atoms with Gasteiger partial charge in [-0.2, -0.15) is 5.10 Å². The zero-order valence-corrected chi connectivity index (χ0v) is 17.7. The minimum Gasteiger partial charge on any atom is -0.423 e. The number of hydrogen-bond donors (Lipinski definition) is 2. The first-order chi connectivity index (χ1) is 16.2. The summed E-state index contributed by atoms with van der Waals surface area (Å²) in [5, 5.41) is 17.2. The molecule has 3 rings (SSSR count). The van der Waals surface area contributed by atoms with E-state index < -0.39 is 28.5 Å². The number of rotatable bonds is 6. The molecule has 0 aromatic heterocycles. The van der Waals surface area contributed by atoms with Gasteiger partial charge >= 0.3 is 17.8 Å². The number of nitro groups is 1. The highest BCUT2D eigenvalue weighted by Crippen LogP contribution is 2.21. The van der Waals surface area contributed by atoms with E-state index in [1.54, 1.807) is 19.1 Å². The molecule has 3 aromatic rings. The van der Waals surface area contributed by atoms with Crippen molar-refractivity contribution in [3.63, 3.8) is 0 Å². The second-order valence-corrected chi connectivity index (χ2v) is 6.79. The lowest BCUT2D eigenvalue weighted by molar-refractivity contribution is -0.385. The number of nitrogens with zero attached hydrogens (tertiary/aromatic N) is 2. The average Bonchev–Trinajstić information content (AvgIpc) is 2.84. The molecule has 0 heterocycles. The molecular weight excluding hydrogens is 447 g/mol. The summed E-state index contributed by atoms with van der Waals surface area (Å²) >= 11 is 0. The maximum Gasteiger partial charge on any atom is 0.350 e. The van der Waals surface area contributed by atoms with Crippen molar-refractivity contribution >= 4 is 34.9 Å². The lowest BCUT2D eigenvalue weighted by Crippen LogP contribution is -2.32. The summed E-state index contributed by atoms with van der Waals surface area (Å²) in [6.45, 7) is 1.58. The first-order valence-corrected chi connectivity index (χ1v) is 9.72. The summed E-state index contributed by atoms with van der Waals surface area (Å²) < 4.78 is 18.1. The molecule has 34 heavy (non-hydrogen) atoms. The Balaban J connectivity index is 1.60.